The molecular weight excluding hydrogens is 582 g/mol. The predicted molar refractivity (Wildman–Crippen MR) is 156 cm³/mol. The van der Waals surface area contributed by atoms with Gasteiger partial charge in [0.25, 0.3) is 23.0 Å². The first-order valence-corrected chi connectivity index (χ1v) is 13.6. The Hall–Kier alpha value is -5.64. The number of nitro benzene ring substituents is 3. The van der Waals surface area contributed by atoms with Crippen LogP contribution in [0, 0.1) is 30.3 Å². The van der Waals surface area contributed by atoms with Crippen molar-refractivity contribution in [1.82, 2.24) is 20.0 Å². The predicted octanol–water partition coefficient (Wildman–Crippen LogP) is 5.18. The standard InChI is InChI=1S/C27H21N7O8S/c35-25-24(14-17-6-1-3-8-21(17)33(39)40)43-26(20-7-2-4-9-22(20)34(41)42)31(25)27(36)28-12-5-13-30-23-15-19(32(37)38)11-10-18(23)16-29-30/h1-4,6-11,14-16,26H,5,12-13H2,(H,28,36)/b24-14-. The van der Waals surface area contributed by atoms with Crippen LogP contribution in [0.15, 0.2) is 77.8 Å². The van der Waals surface area contributed by atoms with Crippen LogP contribution in [-0.4, -0.2) is 47.9 Å². The van der Waals surface area contributed by atoms with Gasteiger partial charge in [0.2, 0.25) is 0 Å². The van der Waals surface area contributed by atoms with Crippen LogP contribution in [0.25, 0.3) is 17.0 Å². The van der Waals surface area contributed by atoms with Crippen molar-refractivity contribution in [3.8, 4) is 0 Å². The fraction of sp³-hybridized carbons (Fsp3) is 0.148. The second-order valence-corrected chi connectivity index (χ2v) is 10.4. The van der Waals surface area contributed by atoms with E-state index in [1.165, 1.54) is 54.6 Å². The molecule has 2 heterocycles. The minimum atomic E-state index is -1.11. The van der Waals surface area contributed by atoms with Crippen LogP contribution in [0.4, 0.5) is 21.9 Å². The molecule has 1 aromatic heterocycles. The maximum atomic E-state index is 13.5. The molecule has 1 atom stereocenters. The fourth-order valence-corrected chi connectivity index (χ4v) is 5.84. The molecule has 1 unspecified atom stereocenters. The van der Waals surface area contributed by atoms with Crippen LogP contribution in [0.2, 0.25) is 0 Å². The molecule has 1 aliphatic heterocycles. The number of aromatic nitrogens is 2. The summed E-state index contributed by atoms with van der Waals surface area (Å²) in [6.45, 7) is 0.375. The first-order chi connectivity index (χ1) is 20.7. The molecule has 0 radical (unpaired) electrons. The minimum absolute atomic E-state index is 0.00259. The summed E-state index contributed by atoms with van der Waals surface area (Å²) in [4.78, 5) is 60.4. The third kappa shape index (κ3) is 5.89. The van der Waals surface area contributed by atoms with Crippen LogP contribution in [0.3, 0.4) is 0 Å². The van der Waals surface area contributed by atoms with Gasteiger partial charge in [-0.25, -0.2) is 9.69 Å². The van der Waals surface area contributed by atoms with Crippen LogP contribution in [0.5, 0.6) is 0 Å². The van der Waals surface area contributed by atoms with Crippen molar-refractivity contribution in [3.05, 3.63) is 119 Å². The number of imide groups is 1. The van der Waals surface area contributed by atoms with Gasteiger partial charge in [0.05, 0.1) is 42.5 Å². The lowest BCUT2D eigenvalue weighted by Gasteiger charge is -2.22. The van der Waals surface area contributed by atoms with Gasteiger partial charge < -0.3 is 5.32 Å². The number of urea groups is 1. The maximum absolute atomic E-state index is 13.5. The fourth-order valence-electron chi connectivity index (χ4n) is 4.59. The number of nitrogens with one attached hydrogen (secondary N) is 1. The van der Waals surface area contributed by atoms with Gasteiger partial charge in [-0.05, 0) is 30.7 Å². The molecule has 0 aliphatic carbocycles. The Morgan fingerprint density at radius 2 is 1.65 bits per heavy atom. The Balaban J connectivity index is 1.37. The van der Waals surface area contributed by atoms with Crippen molar-refractivity contribution in [2.45, 2.75) is 18.3 Å². The smallest absolute Gasteiger partial charge is 0.325 e. The number of hydrogen-bond donors (Lipinski definition) is 1. The van der Waals surface area contributed by atoms with Gasteiger partial charge in [-0.1, -0.05) is 36.0 Å². The highest BCUT2D eigenvalue weighted by molar-refractivity contribution is 8.04. The largest absolute Gasteiger partial charge is 0.338 e. The van der Waals surface area contributed by atoms with Crippen molar-refractivity contribution >= 4 is 57.7 Å². The van der Waals surface area contributed by atoms with E-state index in [0.29, 0.717) is 23.9 Å². The quantitative estimate of drug-likeness (QED) is 0.115. The van der Waals surface area contributed by atoms with E-state index in [4.69, 9.17) is 0 Å². The number of benzene rings is 3. The number of fused-ring (bicyclic) bond motifs is 1. The van der Waals surface area contributed by atoms with E-state index in [0.717, 1.165) is 16.7 Å². The third-order valence-corrected chi connectivity index (χ3v) is 7.84. The van der Waals surface area contributed by atoms with E-state index in [-0.39, 0.29) is 39.6 Å². The summed E-state index contributed by atoms with van der Waals surface area (Å²) in [7, 11) is 0. The van der Waals surface area contributed by atoms with Crippen molar-refractivity contribution in [2.24, 2.45) is 0 Å². The Bertz CT molecular complexity index is 1820. The molecule has 1 fully saturated rings. The van der Waals surface area contributed by atoms with Gasteiger partial charge in [-0.3, -0.25) is 39.8 Å². The van der Waals surface area contributed by atoms with Crippen LogP contribution < -0.4 is 5.32 Å². The summed E-state index contributed by atoms with van der Waals surface area (Å²) >= 11 is 0.878. The number of rotatable bonds is 9. The Morgan fingerprint density at radius 3 is 2.37 bits per heavy atom. The van der Waals surface area contributed by atoms with E-state index in [9.17, 15) is 39.9 Å². The maximum Gasteiger partial charge on any atom is 0.325 e. The number of non-ortho nitro benzene ring substituents is 1. The molecule has 218 valence electrons. The van der Waals surface area contributed by atoms with Gasteiger partial charge in [-0.2, -0.15) is 5.10 Å². The van der Waals surface area contributed by atoms with E-state index in [1.807, 2.05) is 0 Å². The number of thioether (sulfide) groups is 1. The molecule has 43 heavy (non-hydrogen) atoms. The first kappa shape index (κ1) is 28.9. The molecular formula is C27H21N7O8S. The van der Waals surface area contributed by atoms with E-state index in [1.54, 1.807) is 29.1 Å². The van der Waals surface area contributed by atoms with E-state index < -0.39 is 32.1 Å². The molecule has 1 saturated heterocycles. The van der Waals surface area contributed by atoms with E-state index >= 15 is 0 Å². The Kier molecular flexibility index (Phi) is 8.11. The molecule has 16 heteroatoms. The van der Waals surface area contributed by atoms with Crippen molar-refractivity contribution in [1.29, 1.82) is 0 Å². The number of para-hydroxylation sites is 2. The lowest BCUT2D eigenvalue weighted by Crippen LogP contribution is -2.42. The molecule has 3 amide bonds. The molecule has 0 bridgehead atoms. The van der Waals surface area contributed by atoms with Gasteiger partial charge in [-0.15, -0.1) is 0 Å². The molecule has 4 aromatic rings. The molecule has 1 N–H and O–H groups in total. The lowest BCUT2D eigenvalue weighted by molar-refractivity contribution is -0.385. The van der Waals surface area contributed by atoms with Crippen molar-refractivity contribution in [3.63, 3.8) is 0 Å². The molecule has 1 aliphatic rings. The van der Waals surface area contributed by atoms with Gasteiger partial charge in [0, 0.05) is 42.7 Å². The summed E-state index contributed by atoms with van der Waals surface area (Å²) in [6.07, 6.45) is 3.21. The second-order valence-electron chi connectivity index (χ2n) is 9.24. The Labute approximate surface area is 246 Å². The molecule has 3 aromatic carbocycles. The topological polar surface area (TPSA) is 197 Å². The average molecular weight is 604 g/mol. The molecule has 0 spiro atoms. The number of aryl methyl sites for hydroxylation is 1. The number of nitrogens with zero attached hydrogens (tertiary/aromatic N) is 6. The van der Waals surface area contributed by atoms with Crippen molar-refractivity contribution < 1.29 is 24.4 Å². The summed E-state index contributed by atoms with van der Waals surface area (Å²) in [5, 5.41) is 40.9. The highest BCUT2D eigenvalue weighted by Gasteiger charge is 2.44. The normalized spacial score (nSPS) is 15.6. The number of carbonyl (C=O) groups excluding carboxylic acids is 2. The second kappa shape index (κ2) is 12.1. The van der Waals surface area contributed by atoms with Gasteiger partial charge >= 0.3 is 6.03 Å². The third-order valence-electron chi connectivity index (χ3n) is 6.60. The SMILES string of the molecule is O=C(NCCCn1ncc2ccc([N+](=O)[O-])cc21)N1C(=O)/C(=C/c2ccccc2[N+](=O)[O-])SC1c1ccccc1[N+](=O)[O-]. The Morgan fingerprint density at radius 1 is 0.953 bits per heavy atom. The van der Waals surface area contributed by atoms with Crippen molar-refractivity contribution in [2.75, 3.05) is 6.54 Å². The monoisotopic (exact) mass is 603 g/mol. The van der Waals surface area contributed by atoms with Gasteiger partial charge in [0.1, 0.15) is 5.37 Å². The summed E-state index contributed by atoms with van der Waals surface area (Å²) in [5.74, 6) is -0.769. The van der Waals surface area contributed by atoms with Crippen LogP contribution in [-0.2, 0) is 11.3 Å². The highest BCUT2D eigenvalue weighted by atomic mass is 32.2. The highest BCUT2D eigenvalue weighted by Crippen LogP contribution is 2.48. The molecule has 15 nitrogen and oxygen atoms in total. The van der Waals surface area contributed by atoms with Crippen LogP contribution >= 0.6 is 11.8 Å². The number of amides is 3. The molecule has 0 saturated carbocycles. The lowest BCUT2D eigenvalue weighted by atomic mass is 10.1. The average Bonchev–Trinajstić information content (AvgIpc) is 3.55. The number of hydrogen-bond acceptors (Lipinski definition) is 10. The first-order valence-electron chi connectivity index (χ1n) is 12.7. The number of carbonyl (C=O) groups is 2. The minimum Gasteiger partial charge on any atom is -0.338 e. The van der Waals surface area contributed by atoms with Crippen LogP contribution in [0.1, 0.15) is 22.9 Å². The molecule has 5 rings (SSSR count). The van der Waals surface area contributed by atoms with Gasteiger partial charge in [0.15, 0.2) is 0 Å². The zero-order chi connectivity index (χ0) is 30.7. The zero-order valence-corrected chi connectivity index (χ0v) is 22.9. The summed E-state index contributed by atoms with van der Waals surface area (Å²) in [5.41, 5.74) is 0.170. The zero-order valence-electron chi connectivity index (χ0n) is 22.1. The summed E-state index contributed by atoms with van der Waals surface area (Å²) < 4.78 is 1.56. The summed E-state index contributed by atoms with van der Waals surface area (Å²) in [6, 6.07) is 15.1. The van der Waals surface area contributed by atoms with E-state index in [2.05, 4.69) is 10.4 Å². The number of nitro groups is 3.